The van der Waals surface area contributed by atoms with E-state index < -0.39 is 4.92 Å². The van der Waals surface area contributed by atoms with E-state index in [1.165, 1.54) is 16.8 Å². The van der Waals surface area contributed by atoms with E-state index in [1.807, 2.05) is 0 Å². The summed E-state index contributed by atoms with van der Waals surface area (Å²) in [6.45, 7) is 4.71. The number of nitro groups is 1. The molecule has 1 aromatic heterocycles. The van der Waals surface area contributed by atoms with Gasteiger partial charge in [0.15, 0.2) is 0 Å². The van der Waals surface area contributed by atoms with Gasteiger partial charge >= 0.3 is 0 Å². The Morgan fingerprint density at radius 1 is 1.33 bits per heavy atom. The Morgan fingerprint density at radius 3 is 2.33 bits per heavy atom. The molecule has 0 saturated heterocycles. The van der Waals surface area contributed by atoms with Gasteiger partial charge in [-0.25, -0.2) is 0 Å². The van der Waals surface area contributed by atoms with Gasteiger partial charge in [0, 0.05) is 17.9 Å². The number of pyridine rings is 1. The Labute approximate surface area is 141 Å². The SMILES string of the molecule is CCCC(CBr)(CCC)Cn1cc([N+](=O)[O-])cc(Br)c1=O. The van der Waals surface area contributed by atoms with Crippen molar-refractivity contribution < 1.29 is 4.92 Å². The monoisotopic (exact) mass is 422 g/mol. The summed E-state index contributed by atoms with van der Waals surface area (Å²) in [7, 11) is 0. The summed E-state index contributed by atoms with van der Waals surface area (Å²) >= 11 is 6.69. The first-order valence-electron chi connectivity index (χ1n) is 6.99. The molecule has 1 heterocycles. The van der Waals surface area contributed by atoms with Crippen LogP contribution in [0, 0.1) is 15.5 Å². The van der Waals surface area contributed by atoms with Gasteiger partial charge in [-0.3, -0.25) is 14.9 Å². The largest absolute Gasteiger partial charge is 0.307 e. The van der Waals surface area contributed by atoms with Gasteiger partial charge in [-0.05, 0) is 34.2 Å². The molecule has 0 aliphatic carbocycles. The number of aromatic nitrogens is 1. The second kappa shape index (κ2) is 8.08. The maximum absolute atomic E-state index is 12.2. The number of hydrogen-bond donors (Lipinski definition) is 0. The molecule has 118 valence electrons. The Morgan fingerprint density at radius 2 is 1.90 bits per heavy atom. The number of hydrogen-bond acceptors (Lipinski definition) is 3. The van der Waals surface area contributed by atoms with Gasteiger partial charge in [0.1, 0.15) is 0 Å². The summed E-state index contributed by atoms with van der Waals surface area (Å²) in [5, 5.41) is 11.7. The average molecular weight is 424 g/mol. The fourth-order valence-electron chi connectivity index (χ4n) is 2.68. The lowest BCUT2D eigenvalue weighted by atomic mass is 9.81. The number of rotatable bonds is 8. The molecule has 5 nitrogen and oxygen atoms in total. The van der Waals surface area contributed by atoms with Crippen LogP contribution in [0.4, 0.5) is 5.69 Å². The molecule has 0 N–H and O–H groups in total. The zero-order valence-corrected chi connectivity index (χ0v) is 15.4. The molecule has 21 heavy (non-hydrogen) atoms. The highest BCUT2D eigenvalue weighted by Gasteiger charge is 2.29. The molecular weight excluding hydrogens is 404 g/mol. The molecule has 0 unspecified atom stereocenters. The molecule has 0 radical (unpaired) electrons. The number of halogens is 2. The molecule has 0 saturated carbocycles. The summed E-state index contributed by atoms with van der Waals surface area (Å²) in [4.78, 5) is 22.7. The van der Waals surface area contributed by atoms with E-state index in [1.54, 1.807) is 0 Å². The van der Waals surface area contributed by atoms with Gasteiger partial charge in [-0.15, -0.1) is 0 Å². The van der Waals surface area contributed by atoms with Crippen molar-refractivity contribution in [2.24, 2.45) is 5.41 Å². The molecule has 0 spiro atoms. The maximum Gasteiger partial charge on any atom is 0.286 e. The first kappa shape index (κ1) is 18.4. The fraction of sp³-hybridized carbons (Fsp3) is 0.643. The van der Waals surface area contributed by atoms with Crippen LogP contribution in [0.1, 0.15) is 39.5 Å². The molecule has 1 aromatic rings. The minimum Gasteiger partial charge on any atom is -0.307 e. The molecule has 0 amide bonds. The molecular formula is C14H20Br2N2O3. The van der Waals surface area contributed by atoms with Crippen LogP contribution in [0.15, 0.2) is 21.5 Å². The predicted octanol–water partition coefficient (Wildman–Crippen LogP) is 4.50. The average Bonchev–Trinajstić information content (AvgIpc) is 2.43. The molecule has 0 aromatic carbocycles. The van der Waals surface area contributed by atoms with Crippen molar-refractivity contribution >= 4 is 37.5 Å². The Kier molecular flexibility index (Phi) is 7.06. The van der Waals surface area contributed by atoms with Crippen molar-refractivity contribution in [1.82, 2.24) is 4.57 Å². The quantitative estimate of drug-likeness (QED) is 0.351. The van der Waals surface area contributed by atoms with Gasteiger partial charge in [0.2, 0.25) is 0 Å². The van der Waals surface area contributed by atoms with E-state index in [2.05, 4.69) is 45.7 Å². The van der Waals surface area contributed by atoms with Crippen LogP contribution in [-0.4, -0.2) is 14.8 Å². The van der Waals surface area contributed by atoms with Crippen molar-refractivity contribution in [3.8, 4) is 0 Å². The second-order valence-corrected chi connectivity index (χ2v) is 6.79. The highest BCUT2D eigenvalue weighted by molar-refractivity contribution is 9.10. The van der Waals surface area contributed by atoms with Crippen LogP contribution >= 0.6 is 31.9 Å². The van der Waals surface area contributed by atoms with Gasteiger partial charge in [-0.1, -0.05) is 42.6 Å². The van der Waals surface area contributed by atoms with Crippen molar-refractivity contribution in [3.05, 3.63) is 37.2 Å². The second-order valence-electron chi connectivity index (χ2n) is 5.37. The van der Waals surface area contributed by atoms with Crippen LogP contribution in [0.5, 0.6) is 0 Å². The van der Waals surface area contributed by atoms with E-state index in [0.29, 0.717) is 6.54 Å². The third-order valence-electron chi connectivity index (χ3n) is 3.59. The van der Waals surface area contributed by atoms with E-state index in [9.17, 15) is 14.9 Å². The van der Waals surface area contributed by atoms with Crippen molar-refractivity contribution in [2.75, 3.05) is 5.33 Å². The highest BCUT2D eigenvalue weighted by atomic mass is 79.9. The minimum absolute atomic E-state index is 0.0536. The summed E-state index contributed by atoms with van der Waals surface area (Å²) in [5.74, 6) is 0. The van der Waals surface area contributed by atoms with Crippen LogP contribution in [0.2, 0.25) is 0 Å². The Bertz CT molecular complexity index is 552. The molecule has 0 aliphatic rings. The smallest absolute Gasteiger partial charge is 0.286 e. The zero-order valence-electron chi connectivity index (χ0n) is 12.3. The van der Waals surface area contributed by atoms with Gasteiger partial charge in [0.25, 0.3) is 11.2 Å². The van der Waals surface area contributed by atoms with E-state index in [4.69, 9.17) is 0 Å². The summed E-state index contributed by atoms with van der Waals surface area (Å²) in [5.41, 5.74) is -0.349. The lowest BCUT2D eigenvalue weighted by Gasteiger charge is -2.32. The van der Waals surface area contributed by atoms with Gasteiger partial charge in [-0.2, -0.15) is 0 Å². The lowest BCUT2D eigenvalue weighted by molar-refractivity contribution is -0.385. The normalized spacial score (nSPS) is 11.6. The minimum atomic E-state index is -0.476. The van der Waals surface area contributed by atoms with E-state index >= 15 is 0 Å². The Hall–Kier alpha value is -0.690. The summed E-state index contributed by atoms with van der Waals surface area (Å²) in [6.07, 6.45) is 5.31. The maximum atomic E-state index is 12.2. The zero-order chi connectivity index (χ0) is 16.0. The molecule has 0 fully saturated rings. The summed E-state index contributed by atoms with van der Waals surface area (Å²) < 4.78 is 1.70. The summed E-state index contributed by atoms with van der Waals surface area (Å²) in [6, 6.07) is 1.26. The molecule has 0 bridgehead atoms. The first-order valence-corrected chi connectivity index (χ1v) is 8.91. The van der Waals surface area contributed by atoms with E-state index in [-0.39, 0.29) is 21.1 Å². The van der Waals surface area contributed by atoms with Crippen LogP contribution in [0.3, 0.4) is 0 Å². The molecule has 0 atom stereocenters. The van der Waals surface area contributed by atoms with Crippen molar-refractivity contribution in [3.63, 3.8) is 0 Å². The molecule has 7 heteroatoms. The van der Waals surface area contributed by atoms with Gasteiger partial charge in [0.05, 0.1) is 15.6 Å². The standard InChI is InChI=1S/C14H20Br2N2O3/c1-3-5-14(9-15,6-4-2)10-17-8-11(18(20)21)7-12(16)13(17)19/h7-8H,3-6,9-10H2,1-2H3. The number of nitrogens with zero attached hydrogens (tertiary/aromatic N) is 2. The lowest BCUT2D eigenvalue weighted by Crippen LogP contribution is -2.34. The third-order valence-corrected chi connectivity index (χ3v) is 5.35. The van der Waals surface area contributed by atoms with Crippen LogP contribution < -0.4 is 5.56 Å². The van der Waals surface area contributed by atoms with Crippen LogP contribution in [-0.2, 0) is 6.54 Å². The predicted molar refractivity (Wildman–Crippen MR) is 91.1 cm³/mol. The Balaban J connectivity index is 3.25. The number of alkyl halides is 1. The van der Waals surface area contributed by atoms with Crippen molar-refractivity contribution in [1.29, 1.82) is 0 Å². The van der Waals surface area contributed by atoms with E-state index in [0.717, 1.165) is 31.0 Å². The highest BCUT2D eigenvalue weighted by Crippen LogP contribution is 2.34. The molecule has 0 aliphatic heterocycles. The first-order chi connectivity index (χ1) is 9.89. The van der Waals surface area contributed by atoms with Crippen LogP contribution in [0.25, 0.3) is 0 Å². The topological polar surface area (TPSA) is 65.1 Å². The fourth-order valence-corrected chi connectivity index (χ4v) is 3.88. The van der Waals surface area contributed by atoms with Gasteiger partial charge < -0.3 is 4.57 Å². The molecule has 1 rings (SSSR count). The van der Waals surface area contributed by atoms with Crippen molar-refractivity contribution in [2.45, 2.75) is 46.1 Å². The third kappa shape index (κ3) is 4.64.